The predicted molar refractivity (Wildman–Crippen MR) is 108 cm³/mol. The molecule has 0 saturated carbocycles. The van der Waals surface area contributed by atoms with E-state index in [-0.39, 0.29) is 17.9 Å². The van der Waals surface area contributed by atoms with Crippen LogP contribution >= 0.6 is 11.8 Å². The molecule has 0 bridgehead atoms. The fourth-order valence-electron chi connectivity index (χ4n) is 4.28. The number of carbonyl (C=O) groups is 2. The summed E-state index contributed by atoms with van der Waals surface area (Å²) in [7, 11) is 0. The van der Waals surface area contributed by atoms with Gasteiger partial charge in [-0.3, -0.25) is 14.6 Å². The Morgan fingerprint density at radius 1 is 1.33 bits per heavy atom. The summed E-state index contributed by atoms with van der Waals surface area (Å²) in [6.07, 6.45) is 4.11. The zero-order valence-electron chi connectivity index (χ0n) is 15.5. The van der Waals surface area contributed by atoms with Gasteiger partial charge in [0, 0.05) is 24.6 Å². The second-order valence-corrected chi connectivity index (χ2v) is 8.92. The summed E-state index contributed by atoms with van der Waals surface area (Å²) >= 11 is 1.63. The first-order chi connectivity index (χ1) is 13.0. The van der Waals surface area contributed by atoms with E-state index in [2.05, 4.69) is 24.1 Å². The molecule has 140 valence electrons. The molecule has 6 heteroatoms. The van der Waals surface area contributed by atoms with Crippen LogP contribution in [-0.2, 0) is 15.0 Å². The molecule has 2 aromatic rings. The van der Waals surface area contributed by atoms with Crippen molar-refractivity contribution < 1.29 is 9.59 Å². The van der Waals surface area contributed by atoms with Crippen LogP contribution in [-0.4, -0.2) is 39.2 Å². The second kappa shape index (κ2) is 7.00. The monoisotopic (exact) mass is 381 g/mol. The largest absolute Gasteiger partial charge is 0.333 e. The second-order valence-electron chi connectivity index (χ2n) is 7.36. The number of nitrogens with zero attached hydrogens (tertiary/aromatic N) is 2. The van der Waals surface area contributed by atoms with Gasteiger partial charge in [-0.2, -0.15) is 0 Å². The van der Waals surface area contributed by atoms with Crippen molar-refractivity contribution in [1.29, 1.82) is 0 Å². The van der Waals surface area contributed by atoms with Crippen LogP contribution in [0.4, 0.5) is 5.69 Å². The maximum absolute atomic E-state index is 13.2. The van der Waals surface area contributed by atoms with E-state index in [0.29, 0.717) is 24.0 Å². The molecule has 5 nitrogen and oxygen atoms in total. The molecule has 2 unspecified atom stereocenters. The number of nitrogens with one attached hydrogen (secondary N) is 1. The van der Waals surface area contributed by atoms with Crippen molar-refractivity contribution in [2.24, 2.45) is 0 Å². The summed E-state index contributed by atoms with van der Waals surface area (Å²) in [5.41, 5.74) is 1.99. The van der Waals surface area contributed by atoms with Crippen LogP contribution in [0.5, 0.6) is 0 Å². The Labute approximate surface area is 163 Å². The normalized spacial score (nSPS) is 23.7. The highest BCUT2D eigenvalue weighted by Gasteiger charge is 2.59. The summed E-state index contributed by atoms with van der Waals surface area (Å²) in [6, 6.07) is 11.3. The zero-order valence-corrected chi connectivity index (χ0v) is 16.3. The Bertz CT molecular complexity index is 871. The number of thioether (sulfide) groups is 1. The lowest BCUT2D eigenvalue weighted by Crippen LogP contribution is -2.43. The van der Waals surface area contributed by atoms with E-state index >= 15 is 0 Å². The lowest BCUT2D eigenvalue weighted by Gasteiger charge is -2.34. The molecular formula is C21H23N3O2S. The molecule has 2 atom stereocenters. The van der Waals surface area contributed by atoms with Gasteiger partial charge >= 0.3 is 0 Å². The Kier molecular flexibility index (Phi) is 4.68. The van der Waals surface area contributed by atoms with E-state index in [1.165, 1.54) is 0 Å². The number of likely N-dealkylation sites (tertiary alicyclic amines) is 1. The summed E-state index contributed by atoms with van der Waals surface area (Å²) in [5, 5.41) is 3.42. The van der Waals surface area contributed by atoms with Gasteiger partial charge in [-0.05, 0) is 34.9 Å². The maximum Gasteiger partial charge on any atom is 0.237 e. The van der Waals surface area contributed by atoms with Crippen LogP contribution in [0.1, 0.15) is 37.4 Å². The molecule has 2 amide bonds. The van der Waals surface area contributed by atoms with Crippen molar-refractivity contribution in [1.82, 2.24) is 9.88 Å². The Hall–Kier alpha value is -2.34. The first-order valence-electron chi connectivity index (χ1n) is 9.26. The van der Waals surface area contributed by atoms with Crippen LogP contribution < -0.4 is 5.32 Å². The van der Waals surface area contributed by atoms with Gasteiger partial charge in [-0.1, -0.05) is 38.1 Å². The minimum Gasteiger partial charge on any atom is -0.333 e. The summed E-state index contributed by atoms with van der Waals surface area (Å²) < 4.78 is 0. The van der Waals surface area contributed by atoms with Gasteiger partial charge in [0.2, 0.25) is 11.8 Å². The number of hydrogen-bond donors (Lipinski definition) is 1. The average molecular weight is 382 g/mol. The fourth-order valence-corrected chi connectivity index (χ4v) is 4.92. The van der Waals surface area contributed by atoms with Crippen LogP contribution in [0, 0.1) is 0 Å². The molecule has 0 aliphatic carbocycles. The zero-order chi connectivity index (χ0) is 19.0. The van der Waals surface area contributed by atoms with Crippen molar-refractivity contribution in [2.45, 2.75) is 37.0 Å². The Balaban J connectivity index is 1.79. The quantitative estimate of drug-likeness (QED) is 0.882. The minimum absolute atomic E-state index is 0.0237. The molecule has 2 aliphatic rings. The van der Waals surface area contributed by atoms with Crippen LogP contribution in [0.25, 0.3) is 0 Å². The van der Waals surface area contributed by atoms with Gasteiger partial charge in [-0.15, -0.1) is 11.8 Å². The van der Waals surface area contributed by atoms with E-state index in [4.69, 9.17) is 0 Å². The number of amides is 2. The highest BCUT2D eigenvalue weighted by Crippen LogP contribution is 2.54. The topological polar surface area (TPSA) is 62.3 Å². The van der Waals surface area contributed by atoms with Crippen LogP contribution in [0.15, 0.2) is 48.8 Å². The van der Waals surface area contributed by atoms with Gasteiger partial charge in [0.05, 0.1) is 11.8 Å². The van der Waals surface area contributed by atoms with Gasteiger partial charge in [0.25, 0.3) is 0 Å². The van der Waals surface area contributed by atoms with Crippen molar-refractivity contribution >= 4 is 29.3 Å². The molecule has 1 aromatic carbocycles. The molecule has 1 N–H and O–H groups in total. The number of fused-ring (bicyclic) bond motifs is 2. The number of aromatic nitrogens is 1. The van der Waals surface area contributed by atoms with E-state index in [9.17, 15) is 9.59 Å². The Morgan fingerprint density at radius 2 is 2.15 bits per heavy atom. The molecule has 1 spiro atoms. The number of pyridine rings is 1. The third-order valence-electron chi connectivity index (χ3n) is 5.45. The predicted octanol–water partition coefficient (Wildman–Crippen LogP) is 3.39. The number of carbonyl (C=O) groups excluding carboxylic acids is 2. The fraction of sp³-hybridized carbons (Fsp3) is 0.381. The summed E-state index contributed by atoms with van der Waals surface area (Å²) in [5.74, 6) is 0.481. The Morgan fingerprint density at radius 3 is 2.89 bits per heavy atom. The first-order valence-corrected chi connectivity index (χ1v) is 10.3. The average Bonchev–Trinajstić information content (AvgIpc) is 3.21. The molecule has 2 aliphatic heterocycles. The van der Waals surface area contributed by atoms with E-state index in [1.54, 1.807) is 24.2 Å². The van der Waals surface area contributed by atoms with Crippen molar-refractivity contribution in [2.75, 3.05) is 17.6 Å². The van der Waals surface area contributed by atoms with Crippen molar-refractivity contribution in [3.05, 3.63) is 59.9 Å². The lowest BCUT2D eigenvalue weighted by molar-refractivity contribution is -0.130. The molecule has 27 heavy (non-hydrogen) atoms. The molecule has 1 aromatic heterocycles. The number of rotatable bonds is 4. The molecule has 1 saturated heterocycles. The number of hydrogen-bond acceptors (Lipinski definition) is 4. The minimum atomic E-state index is -0.752. The molecule has 0 radical (unpaired) electrons. The highest BCUT2D eigenvalue weighted by molar-refractivity contribution is 8.00. The smallest absolute Gasteiger partial charge is 0.237 e. The van der Waals surface area contributed by atoms with Gasteiger partial charge in [0.1, 0.15) is 5.41 Å². The summed E-state index contributed by atoms with van der Waals surface area (Å²) in [6.45, 7) is 4.74. The number of benzene rings is 1. The molecule has 4 rings (SSSR count). The van der Waals surface area contributed by atoms with Crippen LogP contribution in [0.2, 0.25) is 0 Å². The lowest BCUT2D eigenvalue weighted by atomic mass is 9.73. The molecular weight excluding hydrogens is 358 g/mol. The SMILES string of the molecule is CC(C)SCC(=O)N1CCC2(C(=O)Nc3ccccc32)C1c1cccnc1. The van der Waals surface area contributed by atoms with Gasteiger partial charge < -0.3 is 10.2 Å². The molecule has 3 heterocycles. The first kappa shape index (κ1) is 18.0. The van der Waals surface area contributed by atoms with Crippen molar-refractivity contribution in [3.8, 4) is 0 Å². The van der Waals surface area contributed by atoms with E-state index in [0.717, 1.165) is 16.8 Å². The van der Waals surface area contributed by atoms with E-state index in [1.807, 2.05) is 41.3 Å². The summed E-state index contributed by atoms with van der Waals surface area (Å²) in [4.78, 5) is 32.4. The number of anilines is 1. The maximum atomic E-state index is 13.2. The number of para-hydroxylation sites is 1. The molecule has 1 fully saturated rings. The van der Waals surface area contributed by atoms with Gasteiger partial charge in [-0.25, -0.2) is 0 Å². The van der Waals surface area contributed by atoms with Gasteiger partial charge in [0.15, 0.2) is 0 Å². The third kappa shape index (κ3) is 2.92. The van der Waals surface area contributed by atoms with E-state index < -0.39 is 5.41 Å². The standard InChI is InChI=1S/C21H23N3O2S/c1-14(2)27-13-18(25)24-11-9-21(19(24)15-6-5-10-22-12-15)16-7-3-4-8-17(16)23-20(21)26/h3-8,10,12,14,19H,9,11,13H2,1-2H3,(H,23,26). The third-order valence-corrected chi connectivity index (χ3v) is 6.53. The van der Waals surface area contributed by atoms with Crippen LogP contribution in [0.3, 0.4) is 0 Å². The van der Waals surface area contributed by atoms with Crippen molar-refractivity contribution in [3.63, 3.8) is 0 Å². The highest BCUT2D eigenvalue weighted by atomic mass is 32.2.